The van der Waals surface area contributed by atoms with Crippen LogP contribution in [0.25, 0.3) is 0 Å². The van der Waals surface area contributed by atoms with Gasteiger partial charge in [0.2, 0.25) is 5.91 Å². The summed E-state index contributed by atoms with van der Waals surface area (Å²) in [6, 6.07) is 11.5. The third kappa shape index (κ3) is 14.0. The fourth-order valence-electron chi connectivity index (χ4n) is 5.14. The molecular formula is C35H47F3N2O5. The molecule has 0 saturated carbocycles. The number of unbranched alkanes of at least 4 members (excludes halogenated alkanes) is 7. The fraction of sp³-hybridized carbons (Fsp3) is 0.543. The van der Waals surface area contributed by atoms with Gasteiger partial charge >= 0.3 is 12.1 Å². The van der Waals surface area contributed by atoms with Crippen LogP contribution >= 0.6 is 0 Å². The van der Waals surface area contributed by atoms with E-state index in [1.807, 2.05) is 37.4 Å². The molecule has 0 aromatic heterocycles. The monoisotopic (exact) mass is 632 g/mol. The van der Waals surface area contributed by atoms with Crippen molar-refractivity contribution in [1.82, 2.24) is 10.6 Å². The first-order valence-corrected chi connectivity index (χ1v) is 15.8. The number of Topliss-reactive ketones (excluding diaryl/α,β-unsaturated/α-hetero) is 2. The summed E-state index contributed by atoms with van der Waals surface area (Å²) in [5, 5.41) is 5.76. The molecular weight excluding hydrogens is 585 g/mol. The molecule has 0 aliphatic heterocycles. The number of ether oxygens (including phenoxy) is 1. The van der Waals surface area contributed by atoms with Crippen molar-refractivity contribution in [2.45, 2.75) is 96.7 Å². The highest BCUT2D eigenvalue weighted by molar-refractivity contribution is 5.96. The molecule has 45 heavy (non-hydrogen) atoms. The van der Waals surface area contributed by atoms with Gasteiger partial charge in [-0.1, -0.05) is 81.0 Å². The number of hydrogen-bond donors (Lipinski definition) is 2. The minimum Gasteiger partial charge on any atom is -0.454 e. The van der Waals surface area contributed by atoms with Crippen molar-refractivity contribution in [3.63, 3.8) is 0 Å². The number of nitrogens with one attached hydrogen (secondary N) is 2. The van der Waals surface area contributed by atoms with Gasteiger partial charge in [-0.15, -0.1) is 0 Å². The Bertz CT molecular complexity index is 1230. The van der Waals surface area contributed by atoms with E-state index in [9.17, 15) is 32.3 Å². The molecule has 2 aromatic rings. The molecule has 10 heteroatoms. The Balaban J connectivity index is 1.89. The van der Waals surface area contributed by atoms with Crippen LogP contribution in [0.3, 0.4) is 0 Å². The van der Waals surface area contributed by atoms with Crippen molar-refractivity contribution in [1.29, 1.82) is 0 Å². The Morgan fingerprint density at radius 3 is 2.09 bits per heavy atom. The lowest BCUT2D eigenvalue weighted by Gasteiger charge is -2.20. The number of ketones is 2. The highest BCUT2D eigenvalue weighted by atomic mass is 19.4. The van der Waals surface area contributed by atoms with E-state index < -0.39 is 53.5 Å². The zero-order valence-corrected chi connectivity index (χ0v) is 26.6. The first-order valence-electron chi connectivity index (χ1n) is 15.8. The van der Waals surface area contributed by atoms with E-state index >= 15 is 0 Å². The van der Waals surface area contributed by atoms with Crippen LogP contribution in [0, 0.1) is 12.8 Å². The molecule has 0 aliphatic rings. The van der Waals surface area contributed by atoms with E-state index in [-0.39, 0.29) is 17.8 Å². The Kier molecular flexibility index (Phi) is 16.5. The number of benzene rings is 2. The fourth-order valence-corrected chi connectivity index (χ4v) is 5.14. The van der Waals surface area contributed by atoms with Gasteiger partial charge in [-0.25, -0.2) is 4.79 Å². The first-order chi connectivity index (χ1) is 21.4. The van der Waals surface area contributed by atoms with Crippen molar-refractivity contribution in [2.75, 3.05) is 20.2 Å². The molecule has 1 amide bonds. The van der Waals surface area contributed by atoms with E-state index in [2.05, 4.69) is 10.6 Å². The van der Waals surface area contributed by atoms with Gasteiger partial charge in [0.15, 0.2) is 12.4 Å². The number of halogens is 3. The molecule has 0 bridgehead atoms. The van der Waals surface area contributed by atoms with Crippen molar-refractivity contribution in [3.05, 3.63) is 70.8 Å². The Morgan fingerprint density at radius 1 is 0.844 bits per heavy atom. The van der Waals surface area contributed by atoms with Crippen molar-refractivity contribution in [3.8, 4) is 0 Å². The van der Waals surface area contributed by atoms with Crippen LogP contribution in [-0.2, 0) is 31.7 Å². The summed E-state index contributed by atoms with van der Waals surface area (Å²) in [6.45, 7) is 2.98. The van der Waals surface area contributed by atoms with E-state index in [4.69, 9.17) is 4.74 Å². The average molecular weight is 633 g/mol. The average Bonchev–Trinajstić information content (AvgIpc) is 3.00. The van der Waals surface area contributed by atoms with Gasteiger partial charge in [-0.05, 0) is 63.9 Å². The van der Waals surface area contributed by atoms with E-state index in [0.717, 1.165) is 43.9 Å². The maximum Gasteiger partial charge on any atom is 0.417 e. The molecule has 0 aliphatic carbocycles. The topological polar surface area (TPSA) is 102 Å². The molecule has 2 N–H and O–H groups in total. The molecule has 0 heterocycles. The number of hydrogen-bond acceptors (Lipinski definition) is 6. The highest BCUT2D eigenvalue weighted by Gasteiger charge is 2.36. The third-order valence-electron chi connectivity index (χ3n) is 7.77. The lowest BCUT2D eigenvalue weighted by atomic mass is 9.91. The van der Waals surface area contributed by atoms with Gasteiger partial charge in [0, 0.05) is 18.8 Å². The molecule has 7 nitrogen and oxygen atoms in total. The van der Waals surface area contributed by atoms with Gasteiger partial charge < -0.3 is 15.4 Å². The van der Waals surface area contributed by atoms with Gasteiger partial charge in [0.25, 0.3) is 0 Å². The summed E-state index contributed by atoms with van der Waals surface area (Å²) in [4.78, 5) is 51.3. The molecule has 0 saturated heterocycles. The number of carbonyl (C=O) groups excluding carboxylic acids is 4. The molecule has 0 fully saturated rings. The van der Waals surface area contributed by atoms with Crippen LogP contribution in [-0.4, -0.2) is 49.7 Å². The predicted molar refractivity (Wildman–Crippen MR) is 168 cm³/mol. The Hall–Kier alpha value is -3.53. The predicted octanol–water partition coefficient (Wildman–Crippen LogP) is 6.79. The molecule has 0 unspecified atom stereocenters. The lowest BCUT2D eigenvalue weighted by Crippen LogP contribution is -2.44. The number of rotatable bonds is 21. The Labute approximate surface area is 264 Å². The molecule has 2 rings (SSSR count). The maximum absolute atomic E-state index is 13.4. The van der Waals surface area contributed by atoms with Crippen LogP contribution in [0.4, 0.5) is 13.2 Å². The highest BCUT2D eigenvalue weighted by Crippen LogP contribution is 2.33. The minimum absolute atomic E-state index is 0.0234. The second kappa shape index (κ2) is 19.8. The minimum atomic E-state index is -4.78. The van der Waals surface area contributed by atoms with E-state index in [0.29, 0.717) is 12.8 Å². The SMILES string of the molecule is CNCCCCCCCCCCC(=O)C[C@@H](Cc1ccccc1)C(=O)N[C@@H](C)C(=O)COC(=O)c1c(C)cccc1C(F)(F)F. The van der Waals surface area contributed by atoms with E-state index in [1.54, 1.807) is 0 Å². The summed E-state index contributed by atoms with van der Waals surface area (Å²) >= 11 is 0. The summed E-state index contributed by atoms with van der Waals surface area (Å²) in [5.74, 6) is -3.19. The van der Waals surface area contributed by atoms with Gasteiger partial charge in [-0.2, -0.15) is 13.2 Å². The normalized spacial score (nSPS) is 12.8. The molecule has 248 valence electrons. The van der Waals surface area contributed by atoms with Gasteiger partial charge in [0.05, 0.1) is 17.2 Å². The van der Waals surface area contributed by atoms with Crippen LogP contribution in [0.15, 0.2) is 48.5 Å². The number of esters is 1. The number of carbonyl (C=O) groups is 4. The largest absolute Gasteiger partial charge is 0.454 e. The zero-order valence-electron chi connectivity index (χ0n) is 26.6. The van der Waals surface area contributed by atoms with Crippen LogP contribution in [0.2, 0.25) is 0 Å². The van der Waals surface area contributed by atoms with Crippen molar-refractivity contribution < 1.29 is 37.1 Å². The number of amides is 1. The zero-order chi connectivity index (χ0) is 33.2. The second-order valence-electron chi connectivity index (χ2n) is 11.6. The molecule has 0 spiro atoms. The second-order valence-corrected chi connectivity index (χ2v) is 11.6. The summed E-state index contributed by atoms with van der Waals surface area (Å²) in [6.07, 6.45) is 4.65. The number of aryl methyl sites for hydroxylation is 1. The quantitative estimate of drug-likeness (QED) is 0.116. The summed E-state index contributed by atoms with van der Waals surface area (Å²) in [7, 11) is 1.96. The van der Waals surface area contributed by atoms with E-state index in [1.165, 1.54) is 51.7 Å². The molecule has 0 radical (unpaired) electrons. The van der Waals surface area contributed by atoms with Crippen molar-refractivity contribution in [2.24, 2.45) is 5.92 Å². The lowest BCUT2D eigenvalue weighted by molar-refractivity contribution is -0.138. The van der Waals surface area contributed by atoms with Gasteiger partial charge in [0.1, 0.15) is 5.78 Å². The van der Waals surface area contributed by atoms with Gasteiger partial charge in [-0.3, -0.25) is 14.4 Å². The number of alkyl halides is 3. The smallest absolute Gasteiger partial charge is 0.417 e. The van der Waals surface area contributed by atoms with Crippen LogP contribution < -0.4 is 10.6 Å². The Morgan fingerprint density at radius 2 is 1.47 bits per heavy atom. The summed E-state index contributed by atoms with van der Waals surface area (Å²) in [5.41, 5.74) is -0.874. The molecule has 2 atom stereocenters. The summed E-state index contributed by atoms with van der Waals surface area (Å²) < 4.78 is 45.2. The van der Waals surface area contributed by atoms with Crippen LogP contribution in [0.1, 0.15) is 98.2 Å². The van der Waals surface area contributed by atoms with Crippen LogP contribution in [0.5, 0.6) is 0 Å². The third-order valence-corrected chi connectivity index (χ3v) is 7.77. The van der Waals surface area contributed by atoms with Crippen molar-refractivity contribution >= 4 is 23.4 Å². The maximum atomic E-state index is 13.4. The standard InChI is InChI=1S/C35H47F3N2O5/c1-25-16-15-20-30(35(36,37)38)32(25)34(44)45-24-31(42)26(2)40-33(43)28(22-27-17-11-10-12-18-27)23-29(41)19-13-8-6-4-5-7-9-14-21-39-3/h10-12,15-18,20,26,28,39H,4-9,13-14,19,21-24H2,1-3H3,(H,40,43)/t26-,28+/m0/s1. The first kappa shape index (κ1) is 37.7. The molecule has 2 aromatic carbocycles.